The Labute approximate surface area is 109 Å². The third-order valence-electron chi connectivity index (χ3n) is 3.38. The molecular weight excluding hydrogens is 286 g/mol. The van der Waals surface area contributed by atoms with Crippen LogP contribution >= 0.6 is 15.9 Å². The lowest BCUT2D eigenvalue weighted by Gasteiger charge is -2.10. The first-order valence-electron chi connectivity index (χ1n) is 6.01. The molecule has 0 saturated carbocycles. The van der Waals surface area contributed by atoms with E-state index in [9.17, 15) is 15.3 Å². The lowest BCUT2D eigenvalue weighted by Crippen LogP contribution is -2.11. The second kappa shape index (κ2) is 5.31. The molecule has 96 valence electrons. The number of alkyl halides is 1. The fourth-order valence-electron chi connectivity index (χ4n) is 2.39. The monoisotopic (exact) mass is 303 g/mol. The van der Waals surface area contributed by atoms with Crippen molar-refractivity contribution in [3.8, 4) is 11.8 Å². The average Bonchev–Trinajstić information content (AvgIpc) is 2.60. The molecule has 1 heterocycles. The maximum absolute atomic E-state index is 10.1. The van der Waals surface area contributed by atoms with Crippen molar-refractivity contribution in [1.82, 2.24) is 4.57 Å². The molecule has 0 bridgehead atoms. The zero-order valence-corrected chi connectivity index (χ0v) is 11.3. The van der Waals surface area contributed by atoms with Gasteiger partial charge in [0, 0.05) is 23.0 Å². The molecular formula is C12H18BrNO3. The van der Waals surface area contributed by atoms with Crippen molar-refractivity contribution in [3.05, 3.63) is 11.1 Å². The Hall–Kier alpha value is -0.680. The Bertz CT molecular complexity index is 373. The summed E-state index contributed by atoms with van der Waals surface area (Å²) in [5.41, 5.74) is 1.78. The van der Waals surface area contributed by atoms with E-state index in [1.807, 2.05) is 0 Å². The number of nitrogens with zero attached hydrogens (tertiary/aromatic N) is 1. The highest BCUT2D eigenvalue weighted by molar-refractivity contribution is 9.09. The number of hydrogen-bond acceptors (Lipinski definition) is 3. The maximum Gasteiger partial charge on any atom is 0.197 e. The van der Waals surface area contributed by atoms with Crippen LogP contribution < -0.4 is 0 Å². The van der Waals surface area contributed by atoms with Crippen molar-refractivity contribution in [3.63, 3.8) is 0 Å². The number of halogens is 1. The molecule has 0 amide bonds. The van der Waals surface area contributed by atoms with Gasteiger partial charge in [0.05, 0.1) is 6.10 Å². The average molecular weight is 304 g/mol. The molecule has 4 nitrogen and oxygen atoms in total. The second-order valence-corrected chi connectivity index (χ2v) is 5.21. The molecule has 1 unspecified atom stereocenters. The topological polar surface area (TPSA) is 65.6 Å². The van der Waals surface area contributed by atoms with E-state index < -0.39 is 6.10 Å². The first-order chi connectivity index (χ1) is 8.15. The van der Waals surface area contributed by atoms with Gasteiger partial charge in [-0.05, 0) is 32.1 Å². The van der Waals surface area contributed by atoms with Gasteiger partial charge >= 0.3 is 0 Å². The Morgan fingerprint density at radius 2 is 1.65 bits per heavy atom. The lowest BCUT2D eigenvalue weighted by atomic mass is 9.95. The van der Waals surface area contributed by atoms with Crippen molar-refractivity contribution in [2.45, 2.75) is 44.8 Å². The van der Waals surface area contributed by atoms with E-state index in [2.05, 4.69) is 15.9 Å². The minimum atomic E-state index is -0.451. The van der Waals surface area contributed by atoms with Crippen molar-refractivity contribution in [2.75, 3.05) is 5.33 Å². The summed E-state index contributed by atoms with van der Waals surface area (Å²) in [7, 11) is 0. The molecule has 0 aromatic carbocycles. The number of aliphatic hydroxyl groups is 1. The molecule has 0 radical (unpaired) electrons. The van der Waals surface area contributed by atoms with E-state index in [-0.39, 0.29) is 11.8 Å². The highest BCUT2D eigenvalue weighted by Crippen LogP contribution is 2.38. The lowest BCUT2D eigenvalue weighted by molar-refractivity contribution is 0.180. The number of aliphatic hydroxyl groups excluding tert-OH is 1. The number of hydrogen-bond donors (Lipinski definition) is 3. The fourth-order valence-corrected chi connectivity index (χ4v) is 2.72. The molecule has 0 aliphatic heterocycles. The van der Waals surface area contributed by atoms with Crippen LogP contribution in [0.25, 0.3) is 0 Å². The van der Waals surface area contributed by atoms with Crippen molar-refractivity contribution in [2.24, 2.45) is 0 Å². The molecule has 17 heavy (non-hydrogen) atoms. The molecule has 1 aromatic rings. The van der Waals surface area contributed by atoms with Gasteiger partial charge in [-0.2, -0.15) is 0 Å². The quantitative estimate of drug-likeness (QED) is 0.745. The van der Waals surface area contributed by atoms with Crippen LogP contribution in [0, 0.1) is 0 Å². The summed E-state index contributed by atoms with van der Waals surface area (Å²) in [6.45, 7) is 0.442. The summed E-state index contributed by atoms with van der Waals surface area (Å²) in [6.07, 6.45) is 3.86. The number of aromatic hydroxyl groups is 2. The van der Waals surface area contributed by atoms with E-state index >= 15 is 0 Å². The summed E-state index contributed by atoms with van der Waals surface area (Å²) in [5.74, 6) is 0.359. The number of fused-ring (bicyclic) bond motifs is 1. The molecule has 1 aromatic heterocycles. The largest absolute Gasteiger partial charge is 0.494 e. The molecule has 1 atom stereocenters. The van der Waals surface area contributed by atoms with Gasteiger partial charge in [-0.15, -0.1) is 0 Å². The van der Waals surface area contributed by atoms with Crippen LogP contribution in [0.1, 0.15) is 30.4 Å². The summed E-state index contributed by atoms with van der Waals surface area (Å²) in [5, 5.41) is 30.1. The van der Waals surface area contributed by atoms with Gasteiger partial charge in [0.15, 0.2) is 11.8 Å². The van der Waals surface area contributed by atoms with E-state index in [0.29, 0.717) is 18.3 Å². The zero-order chi connectivity index (χ0) is 12.4. The van der Waals surface area contributed by atoms with E-state index in [1.165, 1.54) is 4.57 Å². The molecule has 0 spiro atoms. The number of aromatic nitrogens is 1. The van der Waals surface area contributed by atoms with Crippen LogP contribution in [0.3, 0.4) is 0 Å². The molecule has 3 N–H and O–H groups in total. The van der Waals surface area contributed by atoms with Gasteiger partial charge in [-0.1, -0.05) is 15.9 Å². The van der Waals surface area contributed by atoms with E-state index in [0.717, 1.165) is 36.8 Å². The molecule has 1 aliphatic rings. The molecule has 2 rings (SSSR count). The Morgan fingerprint density at radius 3 is 2.12 bits per heavy atom. The van der Waals surface area contributed by atoms with Crippen LogP contribution in [0.4, 0.5) is 0 Å². The van der Waals surface area contributed by atoms with Gasteiger partial charge in [0.25, 0.3) is 0 Å². The normalized spacial score (nSPS) is 16.8. The Morgan fingerprint density at radius 1 is 1.12 bits per heavy atom. The van der Waals surface area contributed by atoms with Gasteiger partial charge in [-0.25, -0.2) is 0 Å². The smallest absolute Gasteiger partial charge is 0.197 e. The second-order valence-electron chi connectivity index (χ2n) is 4.56. The van der Waals surface area contributed by atoms with Crippen LogP contribution in [-0.4, -0.2) is 31.3 Å². The predicted octanol–water partition coefficient (Wildman–Crippen LogP) is 1.92. The SMILES string of the molecule is Oc1c2c(c(O)n1CCC(O)CBr)CCCC2. The van der Waals surface area contributed by atoms with Crippen molar-refractivity contribution in [1.29, 1.82) is 0 Å². The Balaban J connectivity index is 2.19. The van der Waals surface area contributed by atoms with Gasteiger partial charge in [-0.3, -0.25) is 4.57 Å². The molecule has 0 fully saturated rings. The third-order valence-corrected chi connectivity index (χ3v) is 4.13. The van der Waals surface area contributed by atoms with E-state index in [1.54, 1.807) is 0 Å². The summed E-state index contributed by atoms with van der Waals surface area (Å²) >= 11 is 3.20. The minimum absolute atomic E-state index is 0.180. The molecule has 1 aliphatic carbocycles. The van der Waals surface area contributed by atoms with Crippen LogP contribution in [0.2, 0.25) is 0 Å². The summed E-state index contributed by atoms with van der Waals surface area (Å²) in [6, 6.07) is 0. The molecule has 0 saturated heterocycles. The van der Waals surface area contributed by atoms with Crippen LogP contribution in [0.5, 0.6) is 11.8 Å². The Kier molecular flexibility index (Phi) is 3.99. The van der Waals surface area contributed by atoms with Crippen molar-refractivity contribution >= 4 is 15.9 Å². The third kappa shape index (κ3) is 2.45. The highest BCUT2D eigenvalue weighted by atomic mass is 79.9. The first-order valence-corrected chi connectivity index (χ1v) is 7.13. The first kappa shape index (κ1) is 12.8. The maximum atomic E-state index is 10.1. The standard InChI is InChI=1S/C12H18BrNO3/c13-7-8(15)5-6-14-11(16)9-3-1-2-4-10(9)12(14)17/h8,15-17H,1-7H2. The molecule has 5 heteroatoms. The number of rotatable bonds is 4. The van der Waals surface area contributed by atoms with Crippen LogP contribution in [-0.2, 0) is 19.4 Å². The van der Waals surface area contributed by atoms with Gasteiger partial charge in [0.2, 0.25) is 0 Å². The van der Waals surface area contributed by atoms with E-state index in [4.69, 9.17) is 0 Å². The minimum Gasteiger partial charge on any atom is -0.494 e. The fraction of sp³-hybridized carbons (Fsp3) is 0.667. The van der Waals surface area contributed by atoms with Crippen molar-refractivity contribution < 1.29 is 15.3 Å². The highest BCUT2D eigenvalue weighted by Gasteiger charge is 2.24. The van der Waals surface area contributed by atoms with Gasteiger partial charge in [0.1, 0.15) is 0 Å². The summed E-state index contributed by atoms with van der Waals surface area (Å²) < 4.78 is 1.52. The van der Waals surface area contributed by atoms with Crippen LogP contribution in [0.15, 0.2) is 0 Å². The van der Waals surface area contributed by atoms with Gasteiger partial charge < -0.3 is 15.3 Å². The summed E-state index contributed by atoms with van der Waals surface area (Å²) in [4.78, 5) is 0. The zero-order valence-electron chi connectivity index (χ0n) is 9.69. The predicted molar refractivity (Wildman–Crippen MR) is 68.8 cm³/mol.